The molecule has 7 heteroatoms. The molecule has 0 amide bonds. The highest BCUT2D eigenvalue weighted by Crippen LogP contribution is 2.33. The van der Waals surface area contributed by atoms with Crippen molar-refractivity contribution in [1.82, 2.24) is 4.98 Å². The van der Waals surface area contributed by atoms with Gasteiger partial charge in [-0.3, -0.25) is 0 Å². The number of ether oxygens (including phenoxy) is 2. The van der Waals surface area contributed by atoms with Gasteiger partial charge in [-0.2, -0.15) is 13.2 Å². The van der Waals surface area contributed by atoms with Crippen molar-refractivity contribution in [3.8, 4) is 5.88 Å². The second-order valence-electron chi connectivity index (χ2n) is 3.72. The molecule has 17 heavy (non-hydrogen) atoms. The van der Waals surface area contributed by atoms with Gasteiger partial charge in [0.15, 0.2) is 5.60 Å². The quantitative estimate of drug-likeness (QED) is 0.832. The molecule has 0 aromatic carbocycles. The van der Waals surface area contributed by atoms with E-state index >= 15 is 0 Å². The van der Waals surface area contributed by atoms with Crippen molar-refractivity contribution in [3.63, 3.8) is 0 Å². The van der Waals surface area contributed by atoms with Gasteiger partial charge in [0.2, 0.25) is 5.88 Å². The third kappa shape index (κ3) is 3.86. The van der Waals surface area contributed by atoms with Gasteiger partial charge in [-0.25, -0.2) is 4.98 Å². The average Bonchev–Trinajstić information content (AvgIpc) is 2.16. The fourth-order valence-electron chi connectivity index (χ4n) is 0.863. The van der Waals surface area contributed by atoms with E-state index in [1.807, 2.05) is 0 Å². The summed E-state index contributed by atoms with van der Waals surface area (Å²) in [6.45, 7) is -0.461. The molecule has 96 valence electrons. The summed E-state index contributed by atoms with van der Waals surface area (Å²) < 4.78 is 46.3. The van der Waals surface area contributed by atoms with Crippen molar-refractivity contribution in [3.05, 3.63) is 24.4 Å². The van der Waals surface area contributed by atoms with Crippen LogP contribution >= 0.6 is 0 Å². The second-order valence-corrected chi connectivity index (χ2v) is 3.72. The van der Waals surface area contributed by atoms with Crippen molar-refractivity contribution >= 4 is 0 Å². The highest BCUT2D eigenvalue weighted by Gasteiger charge is 2.50. The Morgan fingerprint density at radius 3 is 2.41 bits per heavy atom. The molecule has 1 atom stereocenters. The van der Waals surface area contributed by atoms with Crippen LogP contribution < -0.4 is 4.74 Å². The maximum absolute atomic E-state index is 12.4. The molecule has 0 aliphatic carbocycles. The van der Waals surface area contributed by atoms with Crippen LogP contribution in [-0.2, 0) is 4.74 Å². The van der Waals surface area contributed by atoms with E-state index in [1.165, 1.54) is 12.3 Å². The van der Waals surface area contributed by atoms with E-state index in [2.05, 4.69) is 14.5 Å². The molecule has 1 N–H and O–H groups in total. The van der Waals surface area contributed by atoms with E-state index in [1.54, 1.807) is 12.1 Å². The van der Waals surface area contributed by atoms with Gasteiger partial charge >= 0.3 is 12.7 Å². The lowest BCUT2D eigenvalue weighted by molar-refractivity contribution is -0.342. The van der Waals surface area contributed by atoms with Gasteiger partial charge in [0, 0.05) is 12.3 Å². The number of alkyl halides is 3. The molecule has 0 spiro atoms. The van der Waals surface area contributed by atoms with Gasteiger partial charge in [0.1, 0.15) is 0 Å². The average molecular weight is 251 g/mol. The smallest absolute Gasteiger partial charge is 0.417 e. The van der Waals surface area contributed by atoms with Gasteiger partial charge in [-0.05, 0) is 19.9 Å². The minimum atomic E-state index is -4.61. The molecule has 1 unspecified atom stereocenters. The predicted octanol–water partition coefficient (Wildman–Crippen LogP) is 2.09. The standard InChI is InChI=1S/C10H12F3NO3/c1-9(2,10(11,12)13)17-8(15)16-7-5-3-4-6-14-7/h3-6,8,15H,1-2H3. The first-order valence-electron chi connectivity index (χ1n) is 4.73. The third-order valence-corrected chi connectivity index (χ3v) is 1.94. The van der Waals surface area contributed by atoms with Crippen LogP contribution in [-0.4, -0.2) is 28.3 Å². The van der Waals surface area contributed by atoms with Crippen LogP contribution in [0.2, 0.25) is 0 Å². The van der Waals surface area contributed by atoms with Crippen molar-refractivity contribution in [1.29, 1.82) is 0 Å². The Morgan fingerprint density at radius 2 is 1.94 bits per heavy atom. The lowest BCUT2D eigenvalue weighted by atomic mass is 10.1. The molecular formula is C10H12F3NO3. The van der Waals surface area contributed by atoms with E-state index in [4.69, 9.17) is 0 Å². The van der Waals surface area contributed by atoms with E-state index in [9.17, 15) is 18.3 Å². The zero-order chi connectivity index (χ0) is 13.1. The number of aromatic nitrogens is 1. The van der Waals surface area contributed by atoms with Crippen molar-refractivity contribution in [2.75, 3.05) is 0 Å². The van der Waals surface area contributed by atoms with Gasteiger partial charge in [-0.15, -0.1) is 0 Å². The summed E-state index contributed by atoms with van der Waals surface area (Å²) in [4.78, 5) is 3.67. The highest BCUT2D eigenvalue weighted by atomic mass is 19.4. The molecule has 4 nitrogen and oxygen atoms in total. The molecule has 0 radical (unpaired) electrons. The molecule has 0 saturated heterocycles. The molecule has 0 fully saturated rings. The summed E-state index contributed by atoms with van der Waals surface area (Å²) in [5.74, 6) is -0.0297. The van der Waals surface area contributed by atoms with Gasteiger partial charge in [0.25, 0.3) is 0 Å². The number of pyridine rings is 1. The fourth-order valence-corrected chi connectivity index (χ4v) is 0.863. The summed E-state index contributed by atoms with van der Waals surface area (Å²) in [6.07, 6.45) is -3.24. The predicted molar refractivity (Wildman–Crippen MR) is 52.1 cm³/mol. The van der Waals surface area contributed by atoms with Crippen molar-refractivity contribution in [2.24, 2.45) is 0 Å². The monoisotopic (exact) mass is 251 g/mol. The SMILES string of the molecule is CC(C)(OC(O)Oc1ccccn1)C(F)(F)F. The van der Waals surface area contributed by atoms with E-state index in [-0.39, 0.29) is 5.88 Å². The molecule has 1 rings (SSSR count). The number of halogens is 3. The van der Waals surface area contributed by atoms with Crippen LogP contribution in [0.15, 0.2) is 24.4 Å². The van der Waals surface area contributed by atoms with Crippen LogP contribution in [0.5, 0.6) is 5.88 Å². The van der Waals surface area contributed by atoms with Gasteiger partial charge < -0.3 is 14.6 Å². The third-order valence-electron chi connectivity index (χ3n) is 1.94. The number of nitrogens with zero attached hydrogens (tertiary/aromatic N) is 1. The minimum absolute atomic E-state index is 0.0297. The normalized spacial score (nSPS) is 14.5. The molecule has 1 aromatic heterocycles. The van der Waals surface area contributed by atoms with Gasteiger partial charge in [0.05, 0.1) is 0 Å². The first-order chi connectivity index (χ1) is 7.72. The topological polar surface area (TPSA) is 51.6 Å². The lowest BCUT2D eigenvalue weighted by Gasteiger charge is -2.29. The number of aliphatic hydroxyl groups is 1. The number of rotatable bonds is 4. The fraction of sp³-hybridized carbons (Fsp3) is 0.500. The molecule has 0 saturated carbocycles. The van der Waals surface area contributed by atoms with Crippen molar-refractivity contribution < 1.29 is 27.8 Å². The molecule has 0 aliphatic heterocycles. The Bertz CT molecular complexity index is 354. The summed E-state index contributed by atoms with van der Waals surface area (Å²) in [5, 5.41) is 9.22. The first-order valence-corrected chi connectivity index (χ1v) is 4.73. The Kier molecular flexibility index (Phi) is 3.94. The Morgan fingerprint density at radius 1 is 1.29 bits per heavy atom. The van der Waals surface area contributed by atoms with E-state index in [0.717, 1.165) is 13.8 Å². The lowest BCUT2D eigenvalue weighted by Crippen LogP contribution is -2.45. The summed E-state index contributed by atoms with van der Waals surface area (Å²) in [7, 11) is 0. The zero-order valence-corrected chi connectivity index (χ0v) is 9.23. The van der Waals surface area contributed by atoms with Crippen LogP contribution in [0.3, 0.4) is 0 Å². The minimum Gasteiger partial charge on any atom is -0.424 e. The zero-order valence-electron chi connectivity index (χ0n) is 9.23. The molecule has 1 heterocycles. The number of aliphatic hydroxyl groups excluding tert-OH is 1. The highest BCUT2D eigenvalue weighted by molar-refractivity contribution is 5.08. The largest absolute Gasteiger partial charge is 0.424 e. The van der Waals surface area contributed by atoms with Crippen LogP contribution in [0, 0.1) is 0 Å². The Hall–Kier alpha value is -1.34. The van der Waals surface area contributed by atoms with Gasteiger partial charge in [-0.1, -0.05) is 6.07 Å². The summed E-state index contributed by atoms with van der Waals surface area (Å²) in [6, 6.07) is 4.54. The molecular weight excluding hydrogens is 239 g/mol. The maximum Gasteiger partial charge on any atom is 0.417 e. The maximum atomic E-state index is 12.4. The Labute approximate surface area is 96.0 Å². The number of hydrogen-bond donors (Lipinski definition) is 1. The van der Waals surface area contributed by atoms with Crippen LogP contribution in [0.25, 0.3) is 0 Å². The second kappa shape index (κ2) is 4.89. The molecule has 0 bridgehead atoms. The summed E-state index contributed by atoms with van der Waals surface area (Å²) >= 11 is 0. The van der Waals surface area contributed by atoms with E-state index < -0.39 is 18.3 Å². The van der Waals surface area contributed by atoms with Crippen LogP contribution in [0.1, 0.15) is 13.8 Å². The molecule has 1 aromatic rings. The summed E-state index contributed by atoms with van der Waals surface area (Å²) in [5.41, 5.74) is -2.51. The molecule has 0 aliphatic rings. The first kappa shape index (κ1) is 13.7. The number of hydrogen-bond acceptors (Lipinski definition) is 4. The van der Waals surface area contributed by atoms with Crippen LogP contribution in [0.4, 0.5) is 13.2 Å². The van der Waals surface area contributed by atoms with Crippen molar-refractivity contribution in [2.45, 2.75) is 32.1 Å². The Balaban J connectivity index is 2.59. The van der Waals surface area contributed by atoms with E-state index in [0.29, 0.717) is 0 Å².